The van der Waals surface area contributed by atoms with Crippen molar-refractivity contribution >= 4 is 16.0 Å². The fraction of sp³-hybridized carbons (Fsp3) is 0.560. The summed E-state index contributed by atoms with van der Waals surface area (Å²) in [5.41, 5.74) is 3.82. The molecule has 1 aromatic carbocycles. The van der Waals surface area contributed by atoms with Gasteiger partial charge in [-0.3, -0.25) is 9.59 Å². The summed E-state index contributed by atoms with van der Waals surface area (Å²) in [5.74, 6) is -0.508. The molecular formula is C25H33N3O5S. The van der Waals surface area contributed by atoms with Gasteiger partial charge in [-0.1, -0.05) is 19.1 Å². The van der Waals surface area contributed by atoms with E-state index in [-0.39, 0.29) is 35.4 Å². The average Bonchev–Trinajstić information content (AvgIpc) is 2.86. The highest BCUT2D eigenvalue weighted by Crippen LogP contribution is 2.33. The first kappa shape index (κ1) is 24.6. The number of ether oxygens (including phenoxy) is 1. The summed E-state index contributed by atoms with van der Waals surface area (Å²) in [6, 6.07) is 5.48. The predicted molar refractivity (Wildman–Crippen MR) is 129 cm³/mol. The zero-order valence-corrected chi connectivity index (χ0v) is 21.0. The highest BCUT2D eigenvalue weighted by Gasteiger charge is 2.34. The Morgan fingerprint density at radius 3 is 2.44 bits per heavy atom. The van der Waals surface area contributed by atoms with Crippen molar-refractivity contribution < 1.29 is 17.9 Å². The van der Waals surface area contributed by atoms with Gasteiger partial charge in [0.25, 0.3) is 5.56 Å². The number of sulfonamides is 1. The molecule has 9 heteroatoms. The van der Waals surface area contributed by atoms with E-state index in [1.165, 1.54) is 8.99 Å². The molecule has 184 valence electrons. The third-order valence-corrected chi connectivity index (χ3v) is 8.95. The van der Waals surface area contributed by atoms with Gasteiger partial charge in [0, 0.05) is 31.3 Å². The van der Waals surface area contributed by atoms with Gasteiger partial charge in [0.15, 0.2) is 0 Å². The van der Waals surface area contributed by atoms with Crippen molar-refractivity contribution in [2.75, 3.05) is 19.7 Å². The Bertz CT molecular complexity index is 1240. The third kappa shape index (κ3) is 4.55. The van der Waals surface area contributed by atoms with E-state index < -0.39 is 10.0 Å². The van der Waals surface area contributed by atoms with E-state index in [9.17, 15) is 18.0 Å². The fourth-order valence-corrected chi connectivity index (χ4v) is 6.84. The van der Waals surface area contributed by atoms with Gasteiger partial charge < -0.3 is 4.74 Å². The topological polar surface area (TPSA) is 98.6 Å². The van der Waals surface area contributed by atoms with Gasteiger partial charge in [0.1, 0.15) is 0 Å². The number of benzene rings is 1. The van der Waals surface area contributed by atoms with Crippen LogP contribution >= 0.6 is 0 Å². The summed E-state index contributed by atoms with van der Waals surface area (Å²) < 4.78 is 35.3. The molecule has 0 bridgehead atoms. The van der Waals surface area contributed by atoms with Gasteiger partial charge in [-0.2, -0.15) is 9.40 Å². The van der Waals surface area contributed by atoms with Crippen LogP contribution in [0.25, 0.3) is 11.3 Å². The van der Waals surface area contributed by atoms with Crippen LogP contribution in [0.1, 0.15) is 56.2 Å². The van der Waals surface area contributed by atoms with Crippen LogP contribution in [0.15, 0.2) is 27.9 Å². The third-order valence-electron chi connectivity index (χ3n) is 6.97. The molecule has 0 radical (unpaired) electrons. The van der Waals surface area contributed by atoms with Gasteiger partial charge in [0.05, 0.1) is 23.1 Å². The molecule has 8 nitrogen and oxygen atoms in total. The van der Waals surface area contributed by atoms with Crippen molar-refractivity contribution in [3.05, 3.63) is 45.2 Å². The zero-order valence-electron chi connectivity index (χ0n) is 20.2. The van der Waals surface area contributed by atoms with Crippen molar-refractivity contribution in [3.8, 4) is 11.3 Å². The lowest BCUT2D eigenvalue weighted by molar-refractivity contribution is -0.149. The van der Waals surface area contributed by atoms with Crippen LogP contribution in [0.3, 0.4) is 0 Å². The van der Waals surface area contributed by atoms with Crippen LogP contribution in [0.5, 0.6) is 0 Å². The summed E-state index contributed by atoms with van der Waals surface area (Å²) in [5, 5.41) is 4.54. The standard InChI is InChI=1S/C25H33N3O5S/c1-4-17-10-11-19(23-20-8-6-7-9-21(20)24(29)27(3)26-23)16-22(17)34(31,32)28-14-12-18(13-15-28)25(30)33-5-2/h10-11,16,18H,4-9,12-15H2,1-3H3. The maximum Gasteiger partial charge on any atom is 0.309 e. The molecule has 2 heterocycles. The minimum Gasteiger partial charge on any atom is -0.466 e. The number of esters is 1. The summed E-state index contributed by atoms with van der Waals surface area (Å²) in [6.07, 6.45) is 4.94. The number of fused-ring (bicyclic) bond motifs is 1. The molecule has 0 atom stereocenters. The number of hydrogen-bond donors (Lipinski definition) is 0. The number of carbonyl (C=O) groups excluding carboxylic acids is 1. The van der Waals surface area contributed by atoms with Crippen LogP contribution in [0.2, 0.25) is 0 Å². The predicted octanol–water partition coefficient (Wildman–Crippen LogP) is 2.85. The molecule has 2 aliphatic rings. The molecule has 1 saturated heterocycles. The van der Waals surface area contributed by atoms with Gasteiger partial charge in [-0.25, -0.2) is 13.1 Å². The number of nitrogens with zero attached hydrogens (tertiary/aromatic N) is 3. The second-order valence-corrected chi connectivity index (χ2v) is 11.0. The normalized spacial score (nSPS) is 17.4. The Balaban J connectivity index is 1.70. The van der Waals surface area contributed by atoms with Crippen molar-refractivity contribution in [2.24, 2.45) is 13.0 Å². The van der Waals surface area contributed by atoms with Crippen LogP contribution in [-0.2, 0) is 45.9 Å². The smallest absolute Gasteiger partial charge is 0.309 e. The number of hydrogen-bond acceptors (Lipinski definition) is 6. The Kier molecular flexibility index (Phi) is 7.23. The Morgan fingerprint density at radius 2 is 1.79 bits per heavy atom. The number of aryl methyl sites for hydroxylation is 2. The van der Waals surface area contributed by atoms with Crippen molar-refractivity contribution in [3.63, 3.8) is 0 Å². The summed E-state index contributed by atoms with van der Waals surface area (Å²) >= 11 is 0. The molecule has 1 aromatic heterocycles. The first-order valence-electron chi connectivity index (χ1n) is 12.2. The molecular weight excluding hydrogens is 454 g/mol. The van der Waals surface area contributed by atoms with E-state index in [1.54, 1.807) is 20.0 Å². The number of piperidine rings is 1. The second kappa shape index (κ2) is 10.00. The van der Waals surface area contributed by atoms with Crippen LogP contribution < -0.4 is 5.56 Å². The fourth-order valence-electron chi connectivity index (χ4n) is 5.05. The Hall–Kier alpha value is -2.52. The number of carbonyl (C=O) groups is 1. The molecule has 1 aliphatic heterocycles. The monoisotopic (exact) mass is 487 g/mol. The Morgan fingerprint density at radius 1 is 1.12 bits per heavy atom. The van der Waals surface area contributed by atoms with Crippen molar-refractivity contribution in [1.82, 2.24) is 14.1 Å². The first-order chi connectivity index (χ1) is 16.3. The minimum absolute atomic E-state index is 0.0686. The molecule has 1 fully saturated rings. The van der Waals surface area contributed by atoms with E-state index in [1.807, 2.05) is 19.1 Å². The highest BCUT2D eigenvalue weighted by atomic mass is 32.2. The van der Waals surface area contributed by atoms with E-state index in [0.717, 1.165) is 42.4 Å². The van der Waals surface area contributed by atoms with E-state index in [2.05, 4.69) is 5.10 Å². The lowest BCUT2D eigenvalue weighted by Crippen LogP contribution is -2.40. The molecule has 0 N–H and O–H groups in total. The molecule has 34 heavy (non-hydrogen) atoms. The van der Waals surface area contributed by atoms with Crippen LogP contribution in [-0.4, -0.2) is 48.2 Å². The van der Waals surface area contributed by atoms with Gasteiger partial charge in [-0.15, -0.1) is 0 Å². The first-order valence-corrected chi connectivity index (χ1v) is 13.6. The Labute approximate surface area is 201 Å². The average molecular weight is 488 g/mol. The minimum atomic E-state index is -3.75. The molecule has 4 rings (SSSR count). The van der Waals surface area contributed by atoms with Gasteiger partial charge in [0.2, 0.25) is 10.0 Å². The molecule has 0 saturated carbocycles. The molecule has 0 spiro atoms. The van der Waals surface area contributed by atoms with Crippen LogP contribution in [0.4, 0.5) is 0 Å². The molecule has 2 aromatic rings. The quantitative estimate of drug-likeness (QED) is 0.581. The molecule has 0 unspecified atom stereocenters. The van der Waals surface area contributed by atoms with E-state index >= 15 is 0 Å². The molecule has 0 amide bonds. The van der Waals surface area contributed by atoms with E-state index in [4.69, 9.17) is 4.74 Å². The van der Waals surface area contributed by atoms with Gasteiger partial charge >= 0.3 is 5.97 Å². The van der Waals surface area contributed by atoms with Crippen molar-refractivity contribution in [2.45, 2.75) is 63.7 Å². The maximum absolute atomic E-state index is 13.7. The maximum atomic E-state index is 13.7. The largest absolute Gasteiger partial charge is 0.466 e. The summed E-state index contributed by atoms with van der Waals surface area (Å²) in [4.78, 5) is 25.0. The van der Waals surface area contributed by atoms with E-state index in [0.29, 0.717) is 37.1 Å². The SMILES string of the molecule is CCOC(=O)C1CCN(S(=O)(=O)c2cc(-c3nn(C)c(=O)c4c3CCCC4)ccc2CC)CC1. The lowest BCUT2D eigenvalue weighted by atomic mass is 9.89. The second-order valence-electron chi connectivity index (χ2n) is 9.05. The summed E-state index contributed by atoms with van der Waals surface area (Å²) in [7, 11) is -2.11. The number of rotatable bonds is 6. The van der Waals surface area contributed by atoms with Gasteiger partial charge in [-0.05, 0) is 69.1 Å². The highest BCUT2D eigenvalue weighted by molar-refractivity contribution is 7.89. The molecule has 1 aliphatic carbocycles. The zero-order chi connectivity index (χ0) is 24.5. The summed E-state index contributed by atoms with van der Waals surface area (Å²) in [6.45, 7) is 4.60. The van der Waals surface area contributed by atoms with Crippen LogP contribution in [0, 0.1) is 5.92 Å². The number of aromatic nitrogens is 2. The lowest BCUT2D eigenvalue weighted by Gasteiger charge is -2.30. The van der Waals surface area contributed by atoms with Crippen molar-refractivity contribution in [1.29, 1.82) is 0 Å².